The Morgan fingerprint density at radius 3 is 2.76 bits per heavy atom. The average molecular weight is 426 g/mol. The van der Waals surface area contributed by atoms with Crippen LogP contribution < -0.4 is 5.32 Å². The Bertz CT molecular complexity index is 979. The Balaban J connectivity index is 1.24. The zero-order valence-electron chi connectivity index (χ0n) is 16.1. The predicted octanol–water partition coefficient (Wildman–Crippen LogP) is 4.08. The van der Waals surface area contributed by atoms with E-state index in [0.29, 0.717) is 17.9 Å². The first-order valence-electron chi connectivity index (χ1n) is 9.76. The fraction of sp³-hybridized carbons (Fsp3) is 0.318. The Labute approximate surface area is 178 Å². The van der Waals surface area contributed by atoms with Crippen molar-refractivity contribution in [2.24, 2.45) is 0 Å². The lowest BCUT2D eigenvalue weighted by molar-refractivity contribution is -0.118. The summed E-state index contributed by atoms with van der Waals surface area (Å²) in [5, 5.41) is 3.98. The minimum atomic E-state index is -0.00705. The van der Waals surface area contributed by atoms with Crippen molar-refractivity contribution in [1.82, 2.24) is 15.2 Å². The van der Waals surface area contributed by atoms with Gasteiger partial charge in [0.1, 0.15) is 5.01 Å². The van der Waals surface area contributed by atoms with Crippen molar-refractivity contribution in [3.63, 3.8) is 0 Å². The Hall–Kier alpha value is -2.38. The zero-order chi connectivity index (χ0) is 20.1. The molecule has 150 valence electrons. The topological polar surface area (TPSA) is 62.3 Å². The molecular formula is C22H23N3O2S2. The van der Waals surface area contributed by atoms with Crippen molar-refractivity contribution in [2.45, 2.75) is 25.1 Å². The first kappa shape index (κ1) is 19.9. The molecule has 1 aliphatic heterocycles. The number of carbonyl (C=O) groups is 2. The van der Waals surface area contributed by atoms with Crippen molar-refractivity contribution in [2.75, 3.05) is 18.8 Å². The third kappa shape index (κ3) is 5.16. The van der Waals surface area contributed by atoms with Gasteiger partial charge in [-0.15, -0.1) is 23.1 Å². The number of aromatic nitrogens is 1. The molecule has 2 aromatic carbocycles. The summed E-state index contributed by atoms with van der Waals surface area (Å²) in [5.74, 6) is 1.20. The maximum atomic E-state index is 12.5. The van der Waals surface area contributed by atoms with Gasteiger partial charge in [-0.25, -0.2) is 4.98 Å². The monoisotopic (exact) mass is 425 g/mol. The second-order valence-corrected chi connectivity index (χ2v) is 9.15. The van der Waals surface area contributed by atoms with E-state index in [9.17, 15) is 9.59 Å². The van der Waals surface area contributed by atoms with Gasteiger partial charge in [-0.2, -0.15) is 0 Å². The number of para-hydroxylation sites is 1. The van der Waals surface area contributed by atoms with Crippen LogP contribution in [0.5, 0.6) is 0 Å². The molecule has 0 radical (unpaired) electrons. The van der Waals surface area contributed by atoms with E-state index in [2.05, 4.69) is 16.4 Å². The third-order valence-electron chi connectivity index (χ3n) is 4.85. The van der Waals surface area contributed by atoms with E-state index >= 15 is 0 Å². The molecule has 4 rings (SSSR count). The molecule has 1 N–H and O–H groups in total. The summed E-state index contributed by atoms with van der Waals surface area (Å²) in [6.45, 7) is 2.11. The first-order chi connectivity index (χ1) is 14.2. The van der Waals surface area contributed by atoms with Gasteiger partial charge in [-0.05, 0) is 42.7 Å². The summed E-state index contributed by atoms with van der Waals surface area (Å²) < 4.78 is 1.18. The number of thiazole rings is 1. The van der Waals surface area contributed by atoms with Crippen molar-refractivity contribution >= 4 is 45.1 Å². The second-order valence-electron chi connectivity index (χ2n) is 7.04. The molecule has 3 aromatic rings. The summed E-state index contributed by atoms with van der Waals surface area (Å²) >= 11 is 3.24. The molecule has 29 heavy (non-hydrogen) atoms. The van der Waals surface area contributed by atoms with Crippen molar-refractivity contribution in [3.05, 3.63) is 64.7 Å². The fourth-order valence-corrected chi connectivity index (χ4v) is 5.26. The highest BCUT2D eigenvalue weighted by atomic mass is 32.2. The number of carbonyl (C=O) groups excluding carboxylic acids is 2. The van der Waals surface area contributed by atoms with Crippen LogP contribution in [0.4, 0.5) is 0 Å². The van der Waals surface area contributed by atoms with Gasteiger partial charge in [0.25, 0.3) is 5.91 Å². The number of benzene rings is 2. The molecule has 2 amide bonds. The van der Waals surface area contributed by atoms with Crippen molar-refractivity contribution < 1.29 is 9.59 Å². The van der Waals surface area contributed by atoms with Gasteiger partial charge < -0.3 is 10.2 Å². The smallest absolute Gasteiger partial charge is 0.253 e. The minimum absolute atomic E-state index is 0.00705. The van der Waals surface area contributed by atoms with Crippen LogP contribution >= 0.6 is 23.1 Å². The molecule has 0 spiro atoms. The standard InChI is InChI=1S/C22H23N3O2S2/c26-20(14-28-15-21-24-18-8-1-2-9-19(18)29-21)23-13-16-6-5-7-17(12-16)22(27)25-10-3-4-11-25/h1-2,5-9,12H,3-4,10-11,13-15H2,(H,23,26). The number of nitrogens with one attached hydrogen (secondary N) is 1. The van der Waals surface area contributed by atoms with E-state index < -0.39 is 0 Å². The van der Waals surface area contributed by atoms with Crippen LogP contribution in [-0.2, 0) is 17.1 Å². The average Bonchev–Trinajstić information content (AvgIpc) is 3.41. The number of likely N-dealkylation sites (tertiary alicyclic amines) is 1. The maximum Gasteiger partial charge on any atom is 0.253 e. The van der Waals surface area contributed by atoms with Crippen LogP contribution in [0.3, 0.4) is 0 Å². The Kier molecular flexibility index (Phi) is 6.46. The fourth-order valence-electron chi connectivity index (χ4n) is 3.38. The largest absolute Gasteiger partial charge is 0.351 e. The van der Waals surface area contributed by atoms with Gasteiger partial charge in [0.05, 0.1) is 16.0 Å². The minimum Gasteiger partial charge on any atom is -0.351 e. The third-order valence-corrected chi connectivity index (χ3v) is 7.02. The van der Waals surface area contributed by atoms with Crippen LogP contribution in [0.15, 0.2) is 48.5 Å². The molecule has 7 heteroatoms. The van der Waals surface area contributed by atoms with Crippen LogP contribution in [0, 0.1) is 0 Å². The van der Waals surface area contributed by atoms with Gasteiger partial charge in [-0.3, -0.25) is 9.59 Å². The Morgan fingerprint density at radius 2 is 1.93 bits per heavy atom. The molecule has 1 saturated heterocycles. The van der Waals surface area contributed by atoms with Gasteiger partial charge >= 0.3 is 0 Å². The normalized spacial score (nSPS) is 13.7. The highest BCUT2D eigenvalue weighted by molar-refractivity contribution is 7.99. The molecule has 2 heterocycles. The number of hydrogen-bond donors (Lipinski definition) is 1. The van der Waals surface area contributed by atoms with Crippen molar-refractivity contribution in [1.29, 1.82) is 0 Å². The number of nitrogens with zero attached hydrogens (tertiary/aromatic N) is 2. The maximum absolute atomic E-state index is 12.5. The van der Waals surface area contributed by atoms with Crippen molar-refractivity contribution in [3.8, 4) is 0 Å². The van der Waals surface area contributed by atoms with E-state index in [1.165, 1.54) is 4.70 Å². The van der Waals surface area contributed by atoms with E-state index in [-0.39, 0.29) is 11.8 Å². The van der Waals surface area contributed by atoms with Crippen LogP contribution in [0.25, 0.3) is 10.2 Å². The summed E-state index contributed by atoms with van der Waals surface area (Å²) in [5.41, 5.74) is 2.66. The molecular weight excluding hydrogens is 402 g/mol. The number of rotatable bonds is 7. The van der Waals surface area contributed by atoms with E-state index in [0.717, 1.165) is 47.8 Å². The number of fused-ring (bicyclic) bond motifs is 1. The number of hydrogen-bond acceptors (Lipinski definition) is 5. The lowest BCUT2D eigenvalue weighted by atomic mass is 10.1. The van der Waals surface area contributed by atoms with Gasteiger partial charge in [0, 0.05) is 31.0 Å². The highest BCUT2D eigenvalue weighted by Gasteiger charge is 2.19. The first-order valence-corrected chi connectivity index (χ1v) is 11.7. The van der Waals surface area contributed by atoms with Crippen LogP contribution in [0.1, 0.15) is 33.8 Å². The molecule has 1 aromatic heterocycles. The Morgan fingerprint density at radius 1 is 1.10 bits per heavy atom. The van der Waals surface area contributed by atoms with Crippen LogP contribution in [-0.4, -0.2) is 40.5 Å². The second kappa shape index (κ2) is 9.41. The van der Waals surface area contributed by atoms with Gasteiger partial charge in [0.2, 0.25) is 5.91 Å². The lowest BCUT2D eigenvalue weighted by Gasteiger charge is -2.15. The summed E-state index contributed by atoms with van der Waals surface area (Å²) in [7, 11) is 0. The molecule has 0 atom stereocenters. The SMILES string of the molecule is O=C(CSCc1nc2ccccc2s1)NCc1cccc(C(=O)N2CCCC2)c1. The highest BCUT2D eigenvalue weighted by Crippen LogP contribution is 2.24. The quantitative estimate of drug-likeness (QED) is 0.620. The van der Waals surface area contributed by atoms with E-state index in [4.69, 9.17) is 0 Å². The summed E-state index contributed by atoms with van der Waals surface area (Å²) in [6.07, 6.45) is 2.16. The van der Waals surface area contributed by atoms with E-state index in [1.54, 1.807) is 23.1 Å². The molecule has 0 saturated carbocycles. The zero-order valence-corrected chi connectivity index (χ0v) is 17.7. The molecule has 1 fully saturated rings. The van der Waals surface area contributed by atoms with Gasteiger partial charge in [0.15, 0.2) is 0 Å². The number of thioether (sulfide) groups is 1. The summed E-state index contributed by atoms with van der Waals surface area (Å²) in [6, 6.07) is 15.6. The number of amides is 2. The lowest BCUT2D eigenvalue weighted by Crippen LogP contribution is -2.28. The van der Waals surface area contributed by atoms with Crippen LogP contribution in [0.2, 0.25) is 0 Å². The van der Waals surface area contributed by atoms with Gasteiger partial charge in [-0.1, -0.05) is 24.3 Å². The molecule has 5 nitrogen and oxygen atoms in total. The molecule has 0 aliphatic carbocycles. The summed E-state index contributed by atoms with van der Waals surface area (Å²) in [4.78, 5) is 31.2. The molecule has 1 aliphatic rings. The van der Waals surface area contributed by atoms with E-state index in [1.807, 2.05) is 47.4 Å². The molecule has 0 unspecified atom stereocenters. The molecule has 0 bridgehead atoms. The predicted molar refractivity (Wildman–Crippen MR) is 119 cm³/mol.